The number of hydrogen-bond acceptors (Lipinski definition) is 4. The lowest BCUT2D eigenvalue weighted by atomic mass is 10.1. The molecule has 1 heterocycles. The SMILES string of the molecule is CS(=O)(=O)c1ccc(Br)c2c1C1=C(CON1)C2. The highest BCUT2D eigenvalue weighted by molar-refractivity contribution is 9.10. The van der Waals surface area contributed by atoms with Crippen LogP contribution in [-0.4, -0.2) is 21.3 Å². The molecule has 1 aliphatic carbocycles. The summed E-state index contributed by atoms with van der Waals surface area (Å²) >= 11 is 3.47. The van der Waals surface area contributed by atoms with E-state index in [9.17, 15) is 8.42 Å². The topological polar surface area (TPSA) is 55.4 Å². The predicted octanol–water partition coefficient (Wildman–Crippen LogP) is 1.65. The molecule has 0 bridgehead atoms. The fraction of sp³-hybridized carbons (Fsp3) is 0.273. The Morgan fingerprint density at radius 1 is 1.41 bits per heavy atom. The molecule has 1 N–H and O–H groups in total. The summed E-state index contributed by atoms with van der Waals surface area (Å²) in [5, 5.41) is 0. The Kier molecular flexibility index (Phi) is 2.36. The minimum Gasteiger partial charge on any atom is -0.272 e. The van der Waals surface area contributed by atoms with Gasteiger partial charge in [0, 0.05) is 16.3 Å². The zero-order valence-corrected chi connectivity index (χ0v) is 11.5. The molecule has 90 valence electrons. The standard InChI is InChI=1S/C11H10BrNO3S/c1-17(14,15)9-3-2-8(12)7-4-6-5-16-13-11(6)10(7)9/h2-3,13H,4-5H2,1H3. The lowest BCUT2D eigenvalue weighted by Gasteiger charge is -2.12. The maximum Gasteiger partial charge on any atom is 0.176 e. The van der Waals surface area contributed by atoms with E-state index < -0.39 is 9.84 Å². The summed E-state index contributed by atoms with van der Waals surface area (Å²) in [7, 11) is -3.23. The normalized spacial score (nSPS) is 18.0. The van der Waals surface area contributed by atoms with Crippen LogP contribution in [0.3, 0.4) is 0 Å². The van der Waals surface area contributed by atoms with Crippen LogP contribution in [0.15, 0.2) is 27.1 Å². The van der Waals surface area contributed by atoms with Crippen molar-refractivity contribution in [3.8, 4) is 0 Å². The molecular formula is C11H10BrNO3S. The molecule has 0 saturated carbocycles. The van der Waals surface area contributed by atoms with E-state index in [4.69, 9.17) is 4.84 Å². The van der Waals surface area contributed by atoms with Crippen molar-refractivity contribution in [3.63, 3.8) is 0 Å². The van der Waals surface area contributed by atoms with E-state index >= 15 is 0 Å². The first-order valence-electron chi connectivity index (χ1n) is 5.10. The van der Waals surface area contributed by atoms with E-state index in [2.05, 4.69) is 21.4 Å². The zero-order valence-electron chi connectivity index (χ0n) is 9.08. The van der Waals surface area contributed by atoms with Crippen LogP contribution >= 0.6 is 15.9 Å². The van der Waals surface area contributed by atoms with Crippen molar-refractivity contribution in [1.29, 1.82) is 0 Å². The van der Waals surface area contributed by atoms with Gasteiger partial charge in [-0.3, -0.25) is 10.3 Å². The monoisotopic (exact) mass is 315 g/mol. The average Bonchev–Trinajstić information content (AvgIpc) is 2.76. The molecule has 0 aromatic heterocycles. The Labute approximate surface area is 108 Å². The van der Waals surface area contributed by atoms with E-state index in [0.29, 0.717) is 11.5 Å². The number of halogens is 1. The first kappa shape index (κ1) is 11.3. The lowest BCUT2D eigenvalue weighted by Crippen LogP contribution is -2.11. The summed E-state index contributed by atoms with van der Waals surface area (Å²) in [6.45, 7) is 0.514. The van der Waals surface area contributed by atoms with Crippen LogP contribution in [0.5, 0.6) is 0 Å². The Hall–Kier alpha value is -0.850. The number of rotatable bonds is 1. The van der Waals surface area contributed by atoms with Crippen LogP contribution in [0.4, 0.5) is 0 Å². The number of benzene rings is 1. The molecule has 3 rings (SSSR count). The highest BCUT2D eigenvalue weighted by Crippen LogP contribution is 2.41. The first-order chi connectivity index (χ1) is 7.98. The maximum absolute atomic E-state index is 11.8. The molecule has 1 aromatic rings. The average molecular weight is 316 g/mol. The third-order valence-corrected chi connectivity index (χ3v) is 4.91. The molecule has 0 atom stereocenters. The molecule has 4 nitrogen and oxygen atoms in total. The number of nitrogens with one attached hydrogen (secondary N) is 1. The molecule has 1 aromatic carbocycles. The van der Waals surface area contributed by atoms with Gasteiger partial charge in [0.1, 0.15) is 0 Å². The van der Waals surface area contributed by atoms with Crippen molar-refractivity contribution >= 4 is 31.5 Å². The molecule has 0 saturated heterocycles. The molecule has 0 spiro atoms. The van der Waals surface area contributed by atoms with E-state index in [0.717, 1.165) is 33.3 Å². The van der Waals surface area contributed by atoms with Crippen molar-refractivity contribution in [3.05, 3.63) is 33.3 Å². The van der Waals surface area contributed by atoms with Gasteiger partial charge in [0.05, 0.1) is 17.2 Å². The van der Waals surface area contributed by atoms with Crippen molar-refractivity contribution in [2.45, 2.75) is 11.3 Å². The summed E-state index contributed by atoms with van der Waals surface area (Å²) in [5.74, 6) is 0. The lowest BCUT2D eigenvalue weighted by molar-refractivity contribution is 0.116. The minimum atomic E-state index is -3.23. The second-order valence-corrected chi connectivity index (χ2v) is 7.06. The second kappa shape index (κ2) is 3.57. The molecule has 17 heavy (non-hydrogen) atoms. The van der Waals surface area contributed by atoms with Gasteiger partial charge in [-0.2, -0.15) is 0 Å². The maximum atomic E-state index is 11.8. The number of hydroxylamine groups is 1. The van der Waals surface area contributed by atoms with Gasteiger partial charge in [0.25, 0.3) is 0 Å². The Morgan fingerprint density at radius 3 is 2.88 bits per heavy atom. The van der Waals surface area contributed by atoms with Gasteiger partial charge in [-0.15, -0.1) is 0 Å². The van der Waals surface area contributed by atoms with Crippen molar-refractivity contribution in [2.75, 3.05) is 12.9 Å². The van der Waals surface area contributed by atoms with Gasteiger partial charge in [-0.25, -0.2) is 8.42 Å². The van der Waals surface area contributed by atoms with Gasteiger partial charge in [-0.1, -0.05) is 15.9 Å². The van der Waals surface area contributed by atoms with Gasteiger partial charge in [0.15, 0.2) is 9.84 Å². The van der Waals surface area contributed by atoms with Crippen molar-refractivity contribution in [1.82, 2.24) is 5.48 Å². The first-order valence-corrected chi connectivity index (χ1v) is 7.78. The molecule has 0 radical (unpaired) electrons. The van der Waals surface area contributed by atoms with Gasteiger partial charge in [0.2, 0.25) is 0 Å². The van der Waals surface area contributed by atoms with E-state index in [1.165, 1.54) is 6.26 Å². The number of sulfone groups is 1. The van der Waals surface area contributed by atoms with Crippen LogP contribution < -0.4 is 5.48 Å². The largest absolute Gasteiger partial charge is 0.272 e. The summed E-state index contributed by atoms with van der Waals surface area (Å²) < 4.78 is 24.5. The van der Waals surface area contributed by atoms with E-state index in [1.54, 1.807) is 12.1 Å². The van der Waals surface area contributed by atoms with E-state index in [1.807, 2.05) is 0 Å². The fourth-order valence-electron chi connectivity index (χ4n) is 2.28. The molecular weight excluding hydrogens is 306 g/mol. The highest BCUT2D eigenvalue weighted by Gasteiger charge is 2.32. The number of fused-ring (bicyclic) bond motifs is 2. The number of hydrogen-bond donors (Lipinski definition) is 1. The smallest absolute Gasteiger partial charge is 0.176 e. The van der Waals surface area contributed by atoms with Gasteiger partial charge in [-0.05, 0) is 29.7 Å². The minimum absolute atomic E-state index is 0.360. The Bertz CT molecular complexity index is 649. The summed E-state index contributed by atoms with van der Waals surface area (Å²) in [4.78, 5) is 5.50. The van der Waals surface area contributed by atoms with E-state index in [-0.39, 0.29) is 0 Å². The molecule has 0 unspecified atom stereocenters. The summed E-state index contributed by atoms with van der Waals surface area (Å²) in [5.41, 5.74) is 6.52. The van der Waals surface area contributed by atoms with Crippen LogP contribution in [-0.2, 0) is 21.1 Å². The van der Waals surface area contributed by atoms with Crippen molar-refractivity contribution in [2.24, 2.45) is 0 Å². The summed E-state index contributed by atoms with van der Waals surface area (Å²) in [6, 6.07) is 3.42. The predicted molar refractivity (Wildman–Crippen MR) is 67.0 cm³/mol. The Morgan fingerprint density at radius 2 is 2.18 bits per heavy atom. The molecule has 0 fully saturated rings. The molecule has 1 aliphatic heterocycles. The summed E-state index contributed by atoms with van der Waals surface area (Å²) in [6.07, 6.45) is 1.96. The van der Waals surface area contributed by atoms with Gasteiger partial charge >= 0.3 is 0 Å². The molecule has 6 heteroatoms. The zero-order chi connectivity index (χ0) is 12.2. The third-order valence-electron chi connectivity index (χ3n) is 3.03. The third kappa shape index (κ3) is 1.63. The quantitative estimate of drug-likeness (QED) is 0.856. The molecule has 2 aliphatic rings. The molecule has 0 amide bonds. The van der Waals surface area contributed by atoms with Crippen LogP contribution in [0, 0.1) is 0 Å². The van der Waals surface area contributed by atoms with Crippen molar-refractivity contribution < 1.29 is 13.3 Å². The Balaban J connectivity index is 2.32. The van der Waals surface area contributed by atoms with Crippen LogP contribution in [0.1, 0.15) is 11.1 Å². The highest BCUT2D eigenvalue weighted by atomic mass is 79.9. The second-order valence-electron chi connectivity index (χ2n) is 4.22. The van der Waals surface area contributed by atoms with Crippen LogP contribution in [0.25, 0.3) is 5.70 Å². The van der Waals surface area contributed by atoms with Gasteiger partial charge < -0.3 is 0 Å². The fourth-order valence-corrected chi connectivity index (χ4v) is 3.66. The van der Waals surface area contributed by atoms with Crippen LogP contribution in [0.2, 0.25) is 0 Å².